The van der Waals surface area contributed by atoms with E-state index in [1.54, 1.807) is 7.11 Å². The number of para-hydroxylation sites is 1. The summed E-state index contributed by atoms with van der Waals surface area (Å²) in [6, 6.07) is 6.32. The van der Waals surface area contributed by atoms with Gasteiger partial charge in [-0.15, -0.1) is 0 Å². The predicted octanol–water partition coefficient (Wildman–Crippen LogP) is 3.76. The van der Waals surface area contributed by atoms with Crippen LogP contribution in [0.5, 0.6) is 5.75 Å². The number of nitrogens with one attached hydrogen (secondary N) is 1. The Hall–Kier alpha value is -2.56. The lowest BCUT2D eigenvalue weighted by Crippen LogP contribution is -2.24. The largest absolute Gasteiger partial charge is 0.496 e. The van der Waals surface area contributed by atoms with Gasteiger partial charge in [0, 0.05) is 23.0 Å². The number of pyridine rings is 1. The van der Waals surface area contributed by atoms with Gasteiger partial charge in [-0.1, -0.05) is 32.0 Å². The average Bonchev–Trinajstić information content (AvgIpc) is 2.61. The van der Waals surface area contributed by atoms with E-state index in [-0.39, 0.29) is 0 Å². The molecular weight excluding hydrogens is 312 g/mol. The summed E-state index contributed by atoms with van der Waals surface area (Å²) < 4.78 is 5.44. The van der Waals surface area contributed by atoms with E-state index in [1.807, 2.05) is 20.0 Å². The lowest BCUT2D eigenvalue weighted by molar-refractivity contribution is 0.407. The molecule has 0 saturated heterocycles. The molecule has 1 heterocycles. The smallest absolute Gasteiger partial charge is 0.193 e. The summed E-state index contributed by atoms with van der Waals surface area (Å²) in [5, 5.41) is 3.28. The van der Waals surface area contributed by atoms with E-state index in [1.165, 1.54) is 11.1 Å². The Morgan fingerprint density at radius 3 is 2.40 bits per heavy atom. The van der Waals surface area contributed by atoms with Crippen molar-refractivity contribution in [2.24, 2.45) is 10.7 Å². The quantitative estimate of drug-likeness (QED) is 0.620. The molecule has 2 rings (SSSR count). The van der Waals surface area contributed by atoms with Gasteiger partial charge in [0.25, 0.3) is 0 Å². The molecule has 0 aliphatic heterocycles. The van der Waals surface area contributed by atoms with Crippen molar-refractivity contribution in [1.29, 1.82) is 0 Å². The molecule has 0 aliphatic carbocycles. The van der Waals surface area contributed by atoms with Crippen LogP contribution >= 0.6 is 0 Å². The van der Waals surface area contributed by atoms with Crippen molar-refractivity contribution >= 4 is 11.6 Å². The fraction of sp³-hybridized carbons (Fsp3) is 0.400. The highest BCUT2D eigenvalue weighted by Gasteiger charge is 2.10. The minimum absolute atomic E-state index is 0.399. The van der Waals surface area contributed by atoms with Crippen molar-refractivity contribution in [2.75, 3.05) is 12.4 Å². The van der Waals surface area contributed by atoms with Crippen LogP contribution in [0.25, 0.3) is 0 Å². The standard InChI is InChI=1S/C20H28N4O/c1-6-15-9-8-10-16(7-2)18(15)24-20(21)23-12-17-14(4)19(25-5)13(3)11-22-17/h8-11H,6-7,12H2,1-5H3,(H3,21,23,24). The molecule has 1 aromatic heterocycles. The average molecular weight is 340 g/mol. The number of nitrogens with two attached hydrogens (primary N) is 1. The van der Waals surface area contributed by atoms with Gasteiger partial charge in [0.15, 0.2) is 5.96 Å². The first-order chi connectivity index (χ1) is 12.0. The summed E-state index contributed by atoms with van der Waals surface area (Å²) in [6.45, 7) is 8.67. The number of aryl methyl sites for hydroxylation is 3. The second-order valence-electron chi connectivity index (χ2n) is 6.03. The molecule has 0 bridgehead atoms. The SMILES string of the molecule is CCc1cccc(CC)c1NC(N)=NCc1ncc(C)c(OC)c1C. The van der Waals surface area contributed by atoms with Gasteiger partial charge < -0.3 is 15.8 Å². The lowest BCUT2D eigenvalue weighted by Gasteiger charge is -2.15. The van der Waals surface area contributed by atoms with Crippen LogP contribution in [0.1, 0.15) is 41.8 Å². The van der Waals surface area contributed by atoms with Crippen molar-refractivity contribution in [3.05, 3.63) is 52.3 Å². The maximum Gasteiger partial charge on any atom is 0.193 e. The number of ether oxygens (including phenoxy) is 1. The van der Waals surface area contributed by atoms with Crippen LogP contribution in [-0.4, -0.2) is 18.1 Å². The molecule has 5 nitrogen and oxygen atoms in total. The van der Waals surface area contributed by atoms with Crippen molar-refractivity contribution < 1.29 is 4.74 Å². The number of aliphatic imine (C=N–C) groups is 1. The minimum Gasteiger partial charge on any atom is -0.496 e. The third-order valence-electron chi connectivity index (χ3n) is 4.40. The van der Waals surface area contributed by atoms with Crippen molar-refractivity contribution in [1.82, 2.24) is 4.98 Å². The molecule has 1 aromatic carbocycles. The molecule has 2 aromatic rings. The van der Waals surface area contributed by atoms with E-state index in [4.69, 9.17) is 10.5 Å². The normalized spacial score (nSPS) is 11.5. The number of nitrogens with zero attached hydrogens (tertiary/aromatic N) is 2. The van der Waals surface area contributed by atoms with E-state index in [9.17, 15) is 0 Å². The fourth-order valence-electron chi connectivity index (χ4n) is 2.96. The number of anilines is 1. The summed E-state index contributed by atoms with van der Waals surface area (Å²) >= 11 is 0. The van der Waals surface area contributed by atoms with Crippen LogP contribution in [0.3, 0.4) is 0 Å². The first-order valence-corrected chi connectivity index (χ1v) is 8.68. The van der Waals surface area contributed by atoms with Crippen molar-refractivity contribution in [2.45, 2.75) is 47.1 Å². The number of aromatic nitrogens is 1. The van der Waals surface area contributed by atoms with Crippen LogP contribution in [-0.2, 0) is 19.4 Å². The molecule has 0 unspecified atom stereocenters. The van der Waals surface area contributed by atoms with Crippen LogP contribution < -0.4 is 15.8 Å². The monoisotopic (exact) mass is 340 g/mol. The van der Waals surface area contributed by atoms with E-state index >= 15 is 0 Å². The highest BCUT2D eigenvalue weighted by molar-refractivity contribution is 5.93. The Morgan fingerprint density at radius 1 is 1.20 bits per heavy atom. The number of rotatable bonds is 6. The van der Waals surface area contributed by atoms with E-state index < -0.39 is 0 Å². The van der Waals surface area contributed by atoms with Crippen LogP contribution in [0.2, 0.25) is 0 Å². The summed E-state index contributed by atoms with van der Waals surface area (Å²) in [7, 11) is 1.67. The van der Waals surface area contributed by atoms with Gasteiger partial charge in [-0.25, -0.2) is 4.99 Å². The Balaban J connectivity index is 2.22. The van der Waals surface area contributed by atoms with Crippen LogP contribution in [0.15, 0.2) is 29.4 Å². The summed E-state index contributed by atoms with van der Waals surface area (Å²) in [6.07, 6.45) is 3.69. The molecule has 5 heteroatoms. The van der Waals surface area contributed by atoms with Gasteiger partial charge in [0.05, 0.1) is 19.3 Å². The van der Waals surface area contributed by atoms with Crippen molar-refractivity contribution in [3.8, 4) is 5.75 Å². The van der Waals surface area contributed by atoms with Gasteiger partial charge >= 0.3 is 0 Å². The zero-order chi connectivity index (χ0) is 18.4. The highest BCUT2D eigenvalue weighted by atomic mass is 16.5. The first-order valence-electron chi connectivity index (χ1n) is 8.68. The van der Waals surface area contributed by atoms with Gasteiger partial charge in [-0.3, -0.25) is 4.98 Å². The van der Waals surface area contributed by atoms with Crippen molar-refractivity contribution in [3.63, 3.8) is 0 Å². The molecule has 25 heavy (non-hydrogen) atoms. The van der Waals surface area contributed by atoms with Crippen LogP contribution in [0.4, 0.5) is 5.69 Å². The van der Waals surface area contributed by atoms with E-state index in [0.717, 1.165) is 41.1 Å². The van der Waals surface area contributed by atoms with Gasteiger partial charge in [0.2, 0.25) is 0 Å². The molecule has 0 amide bonds. The topological polar surface area (TPSA) is 72.5 Å². The Labute approximate surface area is 150 Å². The maximum atomic E-state index is 6.13. The fourth-order valence-corrected chi connectivity index (χ4v) is 2.96. The molecule has 134 valence electrons. The third kappa shape index (κ3) is 4.29. The molecule has 3 N–H and O–H groups in total. The molecule has 0 aliphatic rings. The van der Waals surface area contributed by atoms with E-state index in [2.05, 4.69) is 47.3 Å². The first kappa shape index (κ1) is 18.8. The Bertz CT molecular complexity index is 746. The molecule has 0 spiro atoms. The second-order valence-corrected chi connectivity index (χ2v) is 6.03. The molecular formula is C20H28N4O. The number of methoxy groups -OCH3 is 1. The van der Waals surface area contributed by atoms with E-state index in [0.29, 0.717) is 12.5 Å². The number of hydrogen-bond donors (Lipinski definition) is 2. The summed E-state index contributed by atoms with van der Waals surface area (Å²) in [4.78, 5) is 8.93. The zero-order valence-corrected chi connectivity index (χ0v) is 15.8. The van der Waals surface area contributed by atoms with Crippen LogP contribution in [0, 0.1) is 13.8 Å². The molecule has 0 radical (unpaired) electrons. The maximum absolute atomic E-state index is 6.13. The molecule has 0 saturated carbocycles. The summed E-state index contributed by atoms with van der Waals surface area (Å²) in [5.74, 6) is 1.26. The number of hydrogen-bond acceptors (Lipinski definition) is 3. The van der Waals surface area contributed by atoms with Gasteiger partial charge in [-0.2, -0.15) is 0 Å². The van der Waals surface area contributed by atoms with Gasteiger partial charge in [0.1, 0.15) is 5.75 Å². The third-order valence-corrected chi connectivity index (χ3v) is 4.40. The Kier molecular flexibility index (Phi) is 6.39. The van der Waals surface area contributed by atoms with Gasteiger partial charge in [-0.05, 0) is 37.8 Å². The second kappa shape index (κ2) is 8.51. The minimum atomic E-state index is 0.399. The number of guanidine groups is 1. The molecule has 0 fully saturated rings. The lowest BCUT2D eigenvalue weighted by atomic mass is 10.0. The number of benzene rings is 1. The summed E-state index contributed by atoms with van der Waals surface area (Å²) in [5.41, 5.74) is 12.6. The highest BCUT2D eigenvalue weighted by Crippen LogP contribution is 2.25. The predicted molar refractivity (Wildman–Crippen MR) is 104 cm³/mol. The zero-order valence-electron chi connectivity index (χ0n) is 15.8. The Morgan fingerprint density at radius 2 is 1.84 bits per heavy atom. The molecule has 0 atom stereocenters.